The molecule has 0 aliphatic carbocycles. The molecule has 2 heterocycles. The van der Waals surface area contributed by atoms with Gasteiger partial charge in [0.05, 0.1) is 46.8 Å². The lowest BCUT2D eigenvalue weighted by Gasteiger charge is -2.28. The van der Waals surface area contributed by atoms with Crippen molar-refractivity contribution in [2.24, 2.45) is 0 Å². The van der Waals surface area contributed by atoms with E-state index in [0.717, 1.165) is 27.9 Å². The second-order valence-corrected chi connectivity index (χ2v) is 7.73. The fraction of sp³-hybridized carbons (Fsp3) is 0.346. The van der Waals surface area contributed by atoms with Crippen molar-refractivity contribution in [2.45, 2.75) is 26.3 Å². The highest BCUT2D eigenvalue weighted by molar-refractivity contribution is 5.89. The van der Waals surface area contributed by atoms with Crippen LogP contribution in [0.3, 0.4) is 0 Å². The molecule has 1 aliphatic rings. The highest BCUT2D eigenvalue weighted by Crippen LogP contribution is 2.47. The Labute approximate surface area is 193 Å². The van der Waals surface area contributed by atoms with Gasteiger partial charge in [0.2, 0.25) is 0 Å². The molecule has 3 aromatic rings. The molecule has 0 radical (unpaired) electrons. The quantitative estimate of drug-likeness (QED) is 0.532. The zero-order valence-corrected chi connectivity index (χ0v) is 19.9. The zero-order chi connectivity index (χ0) is 23.7. The van der Waals surface area contributed by atoms with Gasteiger partial charge in [0.15, 0.2) is 23.0 Å². The number of aromatic nitrogens is 1. The van der Waals surface area contributed by atoms with E-state index in [-0.39, 0.29) is 5.56 Å². The van der Waals surface area contributed by atoms with Crippen molar-refractivity contribution in [1.29, 1.82) is 0 Å². The number of rotatable bonds is 7. The number of pyridine rings is 1. The minimum atomic E-state index is -0.0333. The topological polar surface area (TPSA) is 68.2 Å². The molecule has 2 aromatic carbocycles. The molecule has 0 saturated carbocycles. The van der Waals surface area contributed by atoms with Gasteiger partial charge in [0, 0.05) is 17.7 Å². The van der Waals surface area contributed by atoms with Gasteiger partial charge < -0.3 is 28.3 Å². The van der Waals surface area contributed by atoms with E-state index in [9.17, 15) is 4.79 Å². The Kier molecular flexibility index (Phi) is 6.22. The van der Waals surface area contributed by atoms with E-state index in [0.29, 0.717) is 53.7 Å². The molecule has 0 atom stereocenters. The molecule has 7 nitrogen and oxygen atoms in total. The molecule has 7 heteroatoms. The maximum atomic E-state index is 13.5. The summed E-state index contributed by atoms with van der Waals surface area (Å²) >= 11 is 0. The predicted octanol–water partition coefficient (Wildman–Crippen LogP) is 4.34. The number of nitrogens with zero attached hydrogens (tertiary/aromatic N) is 1. The van der Waals surface area contributed by atoms with Gasteiger partial charge in [-0.3, -0.25) is 4.79 Å². The van der Waals surface area contributed by atoms with Gasteiger partial charge in [-0.25, -0.2) is 0 Å². The fourth-order valence-corrected chi connectivity index (χ4v) is 4.63. The third-order valence-electron chi connectivity index (χ3n) is 6.21. The summed E-state index contributed by atoms with van der Waals surface area (Å²) in [6.45, 7) is 2.53. The van der Waals surface area contributed by atoms with Crippen LogP contribution in [-0.4, -0.2) is 40.1 Å². The minimum absolute atomic E-state index is 0.0333. The van der Waals surface area contributed by atoms with E-state index in [1.807, 2.05) is 41.8 Å². The van der Waals surface area contributed by atoms with Crippen LogP contribution in [0.4, 0.5) is 0 Å². The van der Waals surface area contributed by atoms with Crippen LogP contribution in [0.1, 0.15) is 18.1 Å². The molecule has 0 fully saturated rings. The normalized spacial score (nSPS) is 11.9. The molecule has 0 bridgehead atoms. The molecule has 1 aromatic heterocycles. The molecule has 0 N–H and O–H groups in total. The smallest absolute Gasteiger partial charge is 0.257 e. The number of aryl methyl sites for hydroxylation is 1. The Morgan fingerprint density at radius 2 is 1.45 bits per heavy atom. The van der Waals surface area contributed by atoms with Gasteiger partial charge >= 0.3 is 0 Å². The van der Waals surface area contributed by atoms with Crippen molar-refractivity contribution in [1.82, 2.24) is 4.57 Å². The maximum Gasteiger partial charge on any atom is 0.257 e. The number of hydrogen-bond donors (Lipinski definition) is 0. The van der Waals surface area contributed by atoms with Crippen LogP contribution < -0.4 is 29.2 Å². The van der Waals surface area contributed by atoms with Crippen LogP contribution in [0.5, 0.6) is 28.7 Å². The molecule has 0 spiro atoms. The number of hydrogen-bond acceptors (Lipinski definition) is 6. The lowest BCUT2D eigenvalue weighted by molar-refractivity contribution is 0.354. The summed E-state index contributed by atoms with van der Waals surface area (Å²) in [7, 11) is 8.04. The largest absolute Gasteiger partial charge is 0.496 e. The highest BCUT2D eigenvalue weighted by atomic mass is 16.5. The first-order valence-electron chi connectivity index (χ1n) is 10.8. The van der Waals surface area contributed by atoms with Gasteiger partial charge in [-0.15, -0.1) is 0 Å². The van der Waals surface area contributed by atoms with Gasteiger partial charge in [-0.05, 0) is 48.2 Å². The molecule has 0 saturated heterocycles. The summed E-state index contributed by atoms with van der Waals surface area (Å²) < 4.78 is 29.8. The van der Waals surface area contributed by atoms with Crippen LogP contribution in [0, 0.1) is 0 Å². The average Bonchev–Trinajstić information content (AvgIpc) is 2.86. The molecule has 0 amide bonds. The Bertz CT molecular complexity index is 1260. The van der Waals surface area contributed by atoms with Crippen molar-refractivity contribution in [3.05, 3.63) is 51.8 Å². The first-order chi connectivity index (χ1) is 16.0. The zero-order valence-electron chi connectivity index (χ0n) is 19.9. The van der Waals surface area contributed by atoms with Crippen LogP contribution >= 0.6 is 0 Å². The molecule has 0 unspecified atom stereocenters. The standard InChI is InChI=1S/C26H29NO6/c1-7-17-25(33-6)23(16-8-9-19(29-2)20(13-16)30-3)24-18-14-22(32-5)21(31-4)12-15(18)10-11-27(24)26(17)28/h8-9,12-14H,7,10-11H2,1-6H3. The Balaban J connectivity index is 2.13. The SMILES string of the molecule is CCc1c(OC)c(-c2ccc(OC)c(OC)c2)c2n(c1=O)CCc1cc(OC)c(OC)cc1-2. The fourth-order valence-electron chi connectivity index (χ4n) is 4.63. The monoisotopic (exact) mass is 451 g/mol. The summed E-state index contributed by atoms with van der Waals surface area (Å²) in [5.74, 6) is 3.07. The maximum absolute atomic E-state index is 13.5. The second-order valence-electron chi connectivity index (χ2n) is 7.73. The van der Waals surface area contributed by atoms with Gasteiger partial charge in [-0.1, -0.05) is 13.0 Å². The number of benzene rings is 2. The Morgan fingerprint density at radius 3 is 2.06 bits per heavy atom. The van der Waals surface area contributed by atoms with Crippen LogP contribution in [0.2, 0.25) is 0 Å². The van der Waals surface area contributed by atoms with Crippen molar-refractivity contribution in [2.75, 3.05) is 35.5 Å². The Hall–Kier alpha value is -3.61. The first-order valence-corrected chi connectivity index (χ1v) is 10.8. The predicted molar refractivity (Wildman–Crippen MR) is 127 cm³/mol. The van der Waals surface area contributed by atoms with E-state index in [2.05, 4.69) is 0 Å². The molecule has 174 valence electrons. The van der Waals surface area contributed by atoms with Gasteiger partial charge in [-0.2, -0.15) is 0 Å². The van der Waals surface area contributed by atoms with E-state index in [1.165, 1.54) is 0 Å². The molecule has 4 rings (SSSR count). The molecular formula is C26H29NO6. The first kappa shape index (κ1) is 22.6. The van der Waals surface area contributed by atoms with Gasteiger partial charge in [0.1, 0.15) is 5.75 Å². The summed E-state index contributed by atoms with van der Waals surface area (Å²) in [4.78, 5) is 13.5. The van der Waals surface area contributed by atoms with Crippen molar-refractivity contribution >= 4 is 0 Å². The van der Waals surface area contributed by atoms with E-state index in [4.69, 9.17) is 23.7 Å². The Morgan fingerprint density at radius 1 is 0.818 bits per heavy atom. The number of ether oxygens (including phenoxy) is 5. The number of methoxy groups -OCH3 is 5. The third kappa shape index (κ3) is 3.57. The number of fused-ring (bicyclic) bond motifs is 3. The summed E-state index contributed by atoms with van der Waals surface area (Å²) in [6.07, 6.45) is 1.27. The average molecular weight is 452 g/mol. The van der Waals surface area contributed by atoms with Gasteiger partial charge in [0.25, 0.3) is 5.56 Å². The van der Waals surface area contributed by atoms with Crippen LogP contribution in [0.15, 0.2) is 35.1 Å². The van der Waals surface area contributed by atoms with E-state index < -0.39 is 0 Å². The molecule has 33 heavy (non-hydrogen) atoms. The third-order valence-corrected chi connectivity index (χ3v) is 6.21. The lowest BCUT2D eigenvalue weighted by Crippen LogP contribution is -2.30. The van der Waals surface area contributed by atoms with E-state index in [1.54, 1.807) is 35.5 Å². The van der Waals surface area contributed by atoms with E-state index >= 15 is 0 Å². The van der Waals surface area contributed by atoms with Crippen molar-refractivity contribution in [3.63, 3.8) is 0 Å². The summed E-state index contributed by atoms with van der Waals surface area (Å²) in [6, 6.07) is 9.66. The minimum Gasteiger partial charge on any atom is -0.496 e. The van der Waals surface area contributed by atoms with Crippen molar-refractivity contribution < 1.29 is 23.7 Å². The van der Waals surface area contributed by atoms with Crippen LogP contribution in [0.25, 0.3) is 22.4 Å². The van der Waals surface area contributed by atoms with Crippen molar-refractivity contribution in [3.8, 4) is 51.1 Å². The second kappa shape index (κ2) is 9.10. The lowest BCUT2D eigenvalue weighted by atomic mass is 9.89. The summed E-state index contributed by atoms with van der Waals surface area (Å²) in [5.41, 5.74) is 5.11. The highest BCUT2D eigenvalue weighted by Gasteiger charge is 2.29. The molecular weight excluding hydrogens is 422 g/mol. The summed E-state index contributed by atoms with van der Waals surface area (Å²) in [5, 5.41) is 0. The molecule has 1 aliphatic heterocycles. The van der Waals surface area contributed by atoms with Crippen LogP contribution in [-0.2, 0) is 19.4 Å².